The molecule has 122 valence electrons. The minimum Gasteiger partial charge on any atom is -0.495 e. The number of methoxy groups -OCH3 is 1. The fourth-order valence-corrected chi connectivity index (χ4v) is 2.52. The van der Waals surface area contributed by atoms with Gasteiger partial charge in [-0.2, -0.15) is 0 Å². The van der Waals surface area contributed by atoms with Gasteiger partial charge in [0.2, 0.25) is 5.91 Å². The van der Waals surface area contributed by atoms with Gasteiger partial charge in [0.05, 0.1) is 23.0 Å². The topological polar surface area (TPSA) is 112 Å². The van der Waals surface area contributed by atoms with Crippen LogP contribution in [0.15, 0.2) is 29.7 Å². The summed E-state index contributed by atoms with van der Waals surface area (Å²) in [5, 5.41) is 21.3. The Kier molecular flexibility index (Phi) is 5.16. The number of thioether (sulfide) groups is 1. The Morgan fingerprint density at radius 1 is 1.52 bits per heavy atom. The summed E-state index contributed by atoms with van der Waals surface area (Å²) in [6, 6.07) is 4.01. The van der Waals surface area contributed by atoms with Gasteiger partial charge in [-0.3, -0.25) is 14.9 Å². The number of rotatable bonds is 6. The zero-order valence-corrected chi connectivity index (χ0v) is 13.5. The Bertz CT molecular complexity index is 733. The second kappa shape index (κ2) is 7.09. The zero-order chi connectivity index (χ0) is 17.0. The number of nitrogens with zero attached hydrogens (tertiary/aromatic N) is 4. The smallest absolute Gasteiger partial charge is 0.271 e. The van der Waals surface area contributed by atoms with Crippen molar-refractivity contribution in [3.8, 4) is 5.75 Å². The molecule has 10 heteroatoms. The Morgan fingerprint density at radius 2 is 2.26 bits per heavy atom. The van der Waals surface area contributed by atoms with Crippen molar-refractivity contribution in [1.82, 2.24) is 14.8 Å². The summed E-state index contributed by atoms with van der Waals surface area (Å²) in [6.07, 6.45) is 1.54. The van der Waals surface area contributed by atoms with Gasteiger partial charge >= 0.3 is 0 Å². The number of carbonyl (C=O) groups is 1. The summed E-state index contributed by atoms with van der Waals surface area (Å²) in [7, 11) is 3.20. The number of nitro benzene ring substituents is 1. The Hall–Kier alpha value is -2.62. The van der Waals surface area contributed by atoms with Crippen molar-refractivity contribution >= 4 is 29.0 Å². The lowest BCUT2D eigenvalue weighted by molar-refractivity contribution is -0.384. The fraction of sp³-hybridized carbons (Fsp3) is 0.308. The molecule has 1 N–H and O–H groups in total. The normalized spacial score (nSPS) is 11.8. The molecule has 0 aliphatic heterocycles. The number of benzene rings is 1. The van der Waals surface area contributed by atoms with E-state index >= 15 is 0 Å². The highest BCUT2D eigenvalue weighted by molar-refractivity contribution is 8.00. The number of amides is 1. The molecule has 1 aromatic heterocycles. The summed E-state index contributed by atoms with van der Waals surface area (Å²) in [5.41, 5.74) is 0.117. The first-order chi connectivity index (χ1) is 10.9. The van der Waals surface area contributed by atoms with E-state index in [0.29, 0.717) is 10.9 Å². The van der Waals surface area contributed by atoms with Gasteiger partial charge in [0, 0.05) is 19.2 Å². The van der Waals surface area contributed by atoms with E-state index in [-0.39, 0.29) is 17.3 Å². The van der Waals surface area contributed by atoms with Crippen LogP contribution in [0.4, 0.5) is 11.4 Å². The third kappa shape index (κ3) is 3.97. The van der Waals surface area contributed by atoms with Crippen molar-refractivity contribution in [2.75, 3.05) is 12.4 Å². The van der Waals surface area contributed by atoms with Crippen LogP contribution < -0.4 is 10.1 Å². The van der Waals surface area contributed by atoms with Crippen LogP contribution >= 0.6 is 11.8 Å². The summed E-state index contributed by atoms with van der Waals surface area (Å²) >= 11 is 1.23. The molecule has 0 saturated heterocycles. The Labute approximate surface area is 136 Å². The number of carbonyl (C=O) groups excluding carboxylic acids is 1. The van der Waals surface area contributed by atoms with Crippen LogP contribution in [-0.4, -0.2) is 38.0 Å². The zero-order valence-electron chi connectivity index (χ0n) is 12.7. The predicted octanol–water partition coefficient (Wildman–Crippen LogP) is 1.85. The first kappa shape index (κ1) is 16.7. The van der Waals surface area contributed by atoms with Crippen molar-refractivity contribution in [1.29, 1.82) is 0 Å². The van der Waals surface area contributed by atoms with Crippen molar-refractivity contribution in [3.05, 3.63) is 34.6 Å². The van der Waals surface area contributed by atoms with Crippen LogP contribution in [0.1, 0.15) is 6.92 Å². The molecule has 0 unspecified atom stereocenters. The molecule has 1 amide bonds. The largest absolute Gasteiger partial charge is 0.495 e. The lowest BCUT2D eigenvalue weighted by Gasteiger charge is -2.13. The highest BCUT2D eigenvalue weighted by atomic mass is 32.2. The molecule has 0 fully saturated rings. The van der Waals surface area contributed by atoms with Gasteiger partial charge in [-0.05, 0) is 13.0 Å². The summed E-state index contributed by atoms with van der Waals surface area (Å²) in [6.45, 7) is 1.71. The van der Waals surface area contributed by atoms with Gasteiger partial charge in [-0.15, -0.1) is 10.2 Å². The summed E-state index contributed by atoms with van der Waals surface area (Å²) in [4.78, 5) is 22.6. The van der Waals surface area contributed by atoms with E-state index in [1.807, 2.05) is 0 Å². The van der Waals surface area contributed by atoms with Gasteiger partial charge in [0.1, 0.15) is 12.1 Å². The maximum atomic E-state index is 12.3. The highest BCUT2D eigenvalue weighted by Gasteiger charge is 2.20. The quantitative estimate of drug-likeness (QED) is 0.486. The summed E-state index contributed by atoms with van der Waals surface area (Å²) in [5.74, 6) is 0.0246. The molecular formula is C13H15N5O4S. The molecule has 0 aliphatic rings. The number of nitrogens with one attached hydrogen (secondary N) is 1. The van der Waals surface area contributed by atoms with Crippen LogP contribution in [0.25, 0.3) is 0 Å². The number of aromatic nitrogens is 3. The van der Waals surface area contributed by atoms with Crippen molar-refractivity contribution < 1.29 is 14.5 Å². The third-order valence-corrected chi connectivity index (χ3v) is 4.12. The van der Waals surface area contributed by atoms with Crippen molar-refractivity contribution in [3.63, 3.8) is 0 Å². The standard InChI is InChI=1S/C13H15N5O4S/c1-8(23-13-16-14-7-17(13)2)12(19)15-10-6-9(18(20)21)4-5-11(10)22-3/h4-8H,1-3H3,(H,15,19)/t8-/m0/s1. The van der Waals surface area contributed by atoms with Crippen LogP contribution in [0, 0.1) is 10.1 Å². The molecule has 0 bridgehead atoms. The maximum absolute atomic E-state index is 12.3. The Morgan fingerprint density at radius 3 is 2.83 bits per heavy atom. The van der Waals surface area contributed by atoms with E-state index in [1.165, 1.54) is 43.4 Å². The lowest BCUT2D eigenvalue weighted by atomic mass is 10.2. The van der Waals surface area contributed by atoms with Gasteiger partial charge in [-0.1, -0.05) is 11.8 Å². The van der Waals surface area contributed by atoms with E-state index in [1.54, 1.807) is 18.5 Å². The molecule has 0 spiro atoms. The van der Waals surface area contributed by atoms with E-state index in [0.717, 1.165) is 0 Å². The van der Waals surface area contributed by atoms with Crippen LogP contribution in [0.2, 0.25) is 0 Å². The maximum Gasteiger partial charge on any atom is 0.271 e. The van der Waals surface area contributed by atoms with Gasteiger partial charge in [-0.25, -0.2) is 0 Å². The van der Waals surface area contributed by atoms with Gasteiger partial charge < -0.3 is 14.6 Å². The second-order valence-electron chi connectivity index (χ2n) is 4.62. The van der Waals surface area contributed by atoms with Crippen molar-refractivity contribution in [2.45, 2.75) is 17.3 Å². The molecule has 0 aliphatic carbocycles. The predicted molar refractivity (Wildman–Crippen MR) is 84.6 cm³/mol. The first-order valence-corrected chi connectivity index (χ1v) is 7.44. The third-order valence-electron chi connectivity index (χ3n) is 2.97. The Balaban J connectivity index is 2.14. The number of aryl methyl sites for hydroxylation is 1. The first-order valence-electron chi connectivity index (χ1n) is 6.56. The number of hydrogen-bond acceptors (Lipinski definition) is 7. The van der Waals surface area contributed by atoms with Crippen molar-refractivity contribution in [2.24, 2.45) is 7.05 Å². The van der Waals surface area contributed by atoms with E-state index in [2.05, 4.69) is 15.5 Å². The number of ether oxygens (including phenoxy) is 1. The molecular weight excluding hydrogens is 322 g/mol. The molecule has 9 nitrogen and oxygen atoms in total. The monoisotopic (exact) mass is 337 g/mol. The highest BCUT2D eigenvalue weighted by Crippen LogP contribution is 2.30. The number of anilines is 1. The summed E-state index contributed by atoms with van der Waals surface area (Å²) < 4.78 is 6.81. The molecule has 2 rings (SSSR count). The average Bonchev–Trinajstić information content (AvgIpc) is 2.92. The van der Waals surface area contributed by atoms with E-state index < -0.39 is 10.2 Å². The second-order valence-corrected chi connectivity index (χ2v) is 5.92. The number of non-ortho nitro benzene ring substituents is 1. The molecule has 1 atom stereocenters. The molecule has 0 radical (unpaired) electrons. The number of hydrogen-bond donors (Lipinski definition) is 1. The SMILES string of the molecule is COc1ccc([N+](=O)[O-])cc1NC(=O)[C@H](C)Sc1nncn1C. The molecule has 0 saturated carbocycles. The van der Waals surface area contributed by atoms with E-state index in [4.69, 9.17) is 4.74 Å². The van der Waals surface area contributed by atoms with Crippen LogP contribution in [0.3, 0.4) is 0 Å². The fourth-order valence-electron chi connectivity index (χ4n) is 1.73. The van der Waals surface area contributed by atoms with Crippen LogP contribution in [-0.2, 0) is 11.8 Å². The average molecular weight is 337 g/mol. The minimum atomic E-state index is -0.535. The number of nitro groups is 1. The van der Waals surface area contributed by atoms with Gasteiger partial charge in [0.25, 0.3) is 5.69 Å². The van der Waals surface area contributed by atoms with E-state index in [9.17, 15) is 14.9 Å². The molecule has 23 heavy (non-hydrogen) atoms. The molecule has 1 heterocycles. The lowest BCUT2D eigenvalue weighted by Crippen LogP contribution is -2.23. The minimum absolute atomic E-state index is 0.130. The molecule has 2 aromatic rings. The molecule has 1 aromatic carbocycles. The van der Waals surface area contributed by atoms with Gasteiger partial charge in [0.15, 0.2) is 5.16 Å². The van der Waals surface area contributed by atoms with Crippen LogP contribution in [0.5, 0.6) is 5.75 Å².